The molecule has 0 fully saturated rings. The van der Waals surface area contributed by atoms with E-state index >= 15 is 0 Å². The van der Waals surface area contributed by atoms with Crippen molar-refractivity contribution in [2.75, 3.05) is 6.61 Å². The minimum atomic E-state index is -1.08. The molecule has 8 heteroatoms. The van der Waals surface area contributed by atoms with Crippen molar-refractivity contribution in [2.45, 2.75) is 84.7 Å². The van der Waals surface area contributed by atoms with Crippen LogP contribution in [0.4, 0.5) is 0 Å². The third kappa shape index (κ3) is 66.1. The molecule has 0 aliphatic rings. The second kappa shape index (κ2) is 31.6. The number of hydrogen-bond donors (Lipinski definition) is 2. The third-order valence-corrected chi connectivity index (χ3v) is 2.60. The van der Waals surface area contributed by atoms with Crippen LogP contribution in [0.3, 0.4) is 0 Å². The number of rotatable bonds is 10. The molecule has 1 atom stereocenters. The van der Waals surface area contributed by atoms with Crippen molar-refractivity contribution in [3.63, 3.8) is 0 Å². The van der Waals surface area contributed by atoms with Crippen molar-refractivity contribution in [3.05, 3.63) is 0 Å². The molecule has 6 nitrogen and oxygen atoms in total. The second-order valence-corrected chi connectivity index (χ2v) is 5.08. The fourth-order valence-corrected chi connectivity index (χ4v) is 1.61. The van der Waals surface area contributed by atoms with Crippen molar-refractivity contribution < 1.29 is 89.1 Å². The van der Waals surface area contributed by atoms with E-state index in [1.807, 2.05) is 0 Å². The molecule has 0 aromatic heterocycles. The number of aliphatic hydroxyl groups is 2. The van der Waals surface area contributed by atoms with E-state index in [1.165, 1.54) is 44.9 Å². The maximum absolute atomic E-state index is 9.08. The van der Waals surface area contributed by atoms with Crippen molar-refractivity contribution >= 4 is 11.9 Å². The standard InChI is InChI=1S/C12H26O2.2C2H4O2.2Na/c1-2-3-4-5-6-7-8-9-10-12(14)11-13;2*1-2(3)4;;/h12-14H,2-11H2,1H3;2*1H3,(H,3,4);;/q;;;2*+1/p-2. The molecule has 0 spiro atoms. The Hall–Kier alpha value is 0.860. The number of unbranched alkanes of at least 4 members (excludes halogenated alkanes) is 7. The van der Waals surface area contributed by atoms with Crippen molar-refractivity contribution in [1.29, 1.82) is 0 Å². The minimum absolute atomic E-state index is 0. The fraction of sp³-hybridized carbons (Fsp3) is 0.875. The molecule has 0 saturated heterocycles. The molecule has 134 valence electrons. The molecule has 0 radical (unpaired) electrons. The number of carboxylic acids is 2. The van der Waals surface area contributed by atoms with Gasteiger partial charge in [0.2, 0.25) is 0 Å². The van der Waals surface area contributed by atoms with Crippen LogP contribution in [-0.2, 0) is 9.59 Å². The topological polar surface area (TPSA) is 121 Å². The molecule has 0 amide bonds. The van der Waals surface area contributed by atoms with E-state index in [2.05, 4.69) is 6.92 Å². The summed E-state index contributed by atoms with van der Waals surface area (Å²) in [5.41, 5.74) is 0. The van der Waals surface area contributed by atoms with Crippen LogP contribution in [0.1, 0.15) is 78.6 Å². The monoisotopic (exact) mass is 366 g/mol. The zero-order valence-corrected chi connectivity index (χ0v) is 20.2. The van der Waals surface area contributed by atoms with Gasteiger partial charge in [-0.1, -0.05) is 58.3 Å². The largest absolute Gasteiger partial charge is 1.00 e. The van der Waals surface area contributed by atoms with E-state index in [0.717, 1.165) is 26.7 Å². The molecule has 0 bridgehead atoms. The van der Waals surface area contributed by atoms with Gasteiger partial charge in [-0.05, 0) is 20.3 Å². The normalized spacial score (nSPS) is 9.71. The Morgan fingerprint density at radius 3 is 1.42 bits per heavy atom. The van der Waals surface area contributed by atoms with Gasteiger partial charge in [0, 0.05) is 11.9 Å². The fourth-order valence-electron chi connectivity index (χ4n) is 1.61. The summed E-state index contributed by atoms with van der Waals surface area (Å²) in [7, 11) is 0. The van der Waals surface area contributed by atoms with Crippen molar-refractivity contribution in [3.8, 4) is 0 Å². The maximum Gasteiger partial charge on any atom is 1.00 e. The summed E-state index contributed by atoms with van der Waals surface area (Å²) < 4.78 is 0. The molecule has 2 N–H and O–H groups in total. The number of carbonyl (C=O) groups excluding carboxylic acids is 2. The summed E-state index contributed by atoms with van der Waals surface area (Å²) in [5, 5.41) is 35.4. The SMILES string of the molecule is CC(=O)[O-].CC(=O)[O-].CCCCCCCCCCC(O)CO.[Na+].[Na+]. The number of carbonyl (C=O) groups is 2. The van der Waals surface area contributed by atoms with Crippen LogP contribution in [-0.4, -0.2) is 34.9 Å². The van der Waals surface area contributed by atoms with Gasteiger partial charge in [-0.3, -0.25) is 0 Å². The van der Waals surface area contributed by atoms with Crippen LogP contribution >= 0.6 is 0 Å². The molecular formula is C16H32Na2O6. The Morgan fingerprint density at radius 2 is 1.12 bits per heavy atom. The zero-order chi connectivity index (χ0) is 17.8. The summed E-state index contributed by atoms with van der Waals surface area (Å²) in [6, 6.07) is 0. The molecule has 0 aliphatic carbocycles. The Labute approximate surface area is 191 Å². The first kappa shape index (κ1) is 35.9. The molecule has 0 saturated carbocycles. The molecule has 0 aliphatic heterocycles. The zero-order valence-electron chi connectivity index (χ0n) is 16.2. The predicted octanol–water partition coefficient (Wildman–Crippen LogP) is -5.61. The first-order valence-electron chi connectivity index (χ1n) is 7.91. The van der Waals surface area contributed by atoms with E-state index < -0.39 is 18.0 Å². The average Bonchev–Trinajstić information content (AvgIpc) is 2.40. The van der Waals surface area contributed by atoms with E-state index in [9.17, 15) is 0 Å². The maximum atomic E-state index is 9.08. The molecule has 24 heavy (non-hydrogen) atoms. The van der Waals surface area contributed by atoms with E-state index in [0.29, 0.717) is 0 Å². The first-order chi connectivity index (χ1) is 10.3. The van der Waals surface area contributed by atoms with Crippen LogP contribution < -0.4 is 69.3 Å². The Kier molecular flexibility index (Phi) is 47.3. The Morgan fingerprint density at radius 1 is 0.833 bits per heavy atom. The third-order valence-electron chi connectivity index (χ3n) is 2.60. The first-order valence-corrected chi connectivity index (χ1v) is 7.91. The second-order valence-electron chi connectivity index (χ2n) is 5.08. The van der Waals surface area contributed by atoms with E-state index in [-0.39, 0.29) is 65.7 Å². The number of hydrogen-bond acceptors (Lipinski definition) is 6. The quantitative estimate of drug-likeness (QED) is 0.294. The number of carboxylic acid groups (broad SMARTS) is 2. The molecular weight excluding hydrogens is 334 g/mol. The van der Waals surface area contributed by atoms with E-state index in [1.54, 1.807) is 0 Å². The predicted molar refractivity (Wildman–Crippen MR) is 81.7 cm³/mol. The molecule has 0 aromatic rings. The summed E-state index contributed by atoms with van der Waals surface area (Å²) >= 11 is 0. The van der Waals surface area contributed by atoms with Gasteiger partial charge in [-0.25, -0.2) is 0 Å². The van der Waals surface area contributed by atoms with Gasteiger partial charge in [0.25, 0.3) is 0 Å². The van der Waals surface area contributed by atoms with Crippen molar-refractivity contribution in [2.24, 2.45) is 0 Å². The van der Waals surface area contributed by atoms with Gasteiger partial charge >= 0.3 is 59.1 Å². The summed E-state index contributed by atoms with van der Waals surface area (Å²) in [6.45, 7) is 4.09. The van der Waals surface area contributed by atoms with Crippen LogP contribution in [0.5, 0.6) is 0 Å². The molecule has 0 heterocycles. The number of aliphatic hydroxyl groups excluding tert-OH is 2. The molecule has 0 rings (SSSR count). The van der Waals surface area contributed by atoms with Gasteiger partial charge in [0.15, 0.2) is 0 Å². The van der Waals surface area contributed by atoms with Gasteiger partial charge in [0.05, 0.1) is 12.7 Å². The van der Waals surface area contributed by atoms with Crippen LogP contribution in [0.25, 0.3) is 0 Å². The molecule has 1 unspecified atom stereocenters. The van der Waals surface area contributed by atoms with Crippen molar-refractivity contribution in [1.82, 2.24) is 0 Å². The molecule has 0 aromatic carbocycles. The minimum Gasteiger partial charge on any atom is -0.550 e. The van der Waals surface area contributed by atoms with Crippen LogP contribution in [0.2, 0.25) is 0 Å². The average molecular weight is 366 g/mol. The summed E-state index contributed by atoms with van der Waals surface area (Å²) in [4.78, 5) is 17.8. The van der Waals surface area contributed by atoms with Gasteiger partial charge in [-0.15, -0.1) is 0 Å². The van der Waals surface area contributed by atoms with Crippen LogP contribution in [0, 0.1) is 0 Å². The van der Waals surface area contributed by atoms with Gasteiger partial charge in [0.1, 0.15) is 0 Å². The smallest absolute Gasteiger partial charge is 0.550 e. The van der Waals surface area contributed by atoms with Gasteiger partial charge < -0.3 is 30.0 Å². The Balaban J connectivity index is -0.000000101. The Bertz CT molecular complexity index is 233. The van der Waals surface area contributed by atoms with Crippen LogP contribution in [0.15, 0.2) is 0 Å². The summed E-state index contributed by atoms with van der Waals surface area (Å²) in [6.07, 6.45) is 10.5. The van der Waals surface area contributed by atoms with E-state index in [4.69, 9.17) is 30.0 Å². The summed E-state index contributed by atoms with van der Waals surface area (Å²) in [5.74, 6) is -2.17. The van der Waals surface area contributed by atoms with Gasteiger partial charge in [-0.2, -0.15) is 0 Å². The number of aliphatic carboxylic acids is 2.